The van der Waals surface area contributed by atoms with Gasteiger partial charge in [-0.1, -0.05) is 66.7 Å². The molecule has 0 aliphatic carbocycles. The highest BCUT2D eigenvalue weighted by molar-refractivity contribution is 5.57. The van der Waals surface area contributed by atoms with Gasteiger partial charge in [0.25, 0.3) is 0 Å². The average Bonchev–Trinajstić information content (AvgIpc) is 2.74. The maximum Gasteiger partial charge on any atom is 0.119 e. The fourth-order valence-electron chi connectivity index (χ4n) is 3.94. The van der Waals surface area contributed by atoms with E-state index in [1.54, 1.807) is 7.11 Å². The summed E-state index contributed by atoms with van der Waals surface area (Å²) < 4.78 is 5.43. The van der Waals surface area contributed by atoms with E-state index in [2.05, 4.69) is 96.9 Å². The molecule has 0 saturated heterocycles. The Balaban J connectivity index is 1.71. The smallest absolute Gasteiger partial charge is 0.119 e. The first-order chi connectivity index (χ1) is 13.3. The molecule has 0 radical (unpaired) electrons. The number of fused-ring (bicyclic) bond motifs is 1. The van der Waals surface area contributed by atoms with Crippen molar-refractivity contribution in [2.45, 2.75) is 25.4 Å². The van der Waals surface area contributed by atoms with Crippen LogP contribution in [0.15, 0.2) is 85.1 Å². The van der Waals surface area contributed by atoms with Crippen molar-refractivity contribution < 1.29 is 4.74 Å². The number of ether oxygens (including phenoxy) is 1. The van der Waals surface area contributed by atoms with Crippen molar-refractivity contribution >= 4 is 6.08 Å². The van der Waals surface area contributed by atoms with Crippen LogP contribution in [0, 0.1) is 0 Å². The first-order valence-corrected chi connectivity index (χ1v) is 9.48. The lowest BCUT2D eigenvalue weighted by atomic mass is 9.89. The minimum absolute atomic E-state index is 0.286. The van der Waals surface area contributed by atoms with E-state index < -0.39 is 0 Å². The van der Waals surface area contributed by atoms with Crippen molar-refractivity contribution in [3.63, 3.8) is 0 Å². The van der Waals surface area contributed by atoms with Crippen LogP contribution in [0.2, 0.25) is 0 Å². The summed E-state index contributed by atoms with van der Waals surface area (Å²) >= 11 is 0. The Morgan fingerprint density at radius 3 is 2.52 bits per heavy atom. The zero-order valence-corrected chi connectivity index (χ0v) is 15.9. The molecule has 4 rings (SSSR count). The van der Waals surface area contributed by atoms with Crippen molar-refractivity contribution in [1.29, 1.82) is 0 Å². The lowest BCUT2D eigenvalue weighted by Crippen LogP contribution is -2.30. The van der Waals surface area contributed by atoms with E-state index in [4.69, 9.17) is 4.74 Å². The predicted octanol–water partition coefficient (Wildman–Crippen LogP) is 6.03. The number of hydrogen-bond acceptors (Lipinski definition) is 2. The second-order valence-corrected chi connectivity index (χ2v) is 7.05. The van der Waals surface area contributed by atoms with Crippen molar-refractivity contribution in [3.8, 4) is 5.75 Å². The first kappa shape index (κ1) is 17.4. The zero-order valence-electron chi connectivity index (χ0n) is 15.9. The molecule has 2 heteroatoms. The van der Waals surface area contributed by atoms with Crippen LogP contribution in [0.5, 0.6) is 5.75 Å². The highest BCUT2D eigenvalue weighted by Crippen LogP contribution is 2.38. The summed E-state index contributed by atoms with van der Waals surface area (Å²) in [6.45, 7) is 2.28. The van der Waals surface area contributed by atoms with Gasteiger partial charge in [0.15, 0.2) is 0 Å². The molecule has 1 aliphatic heterocycles. The van der Waals surface area contributed by atoms with E-state index in [1.165, 1.54) is 22.3 Å². The first-order valence-electron chi connectivity index (χ1n) is 9.48. The molecule has 0 N–H and O–H groups in total. The van der Waals surface area contributed by atoms with Crippen molar-refractivity contribution in [2.75, 3.05) is 7.11 Å². The van der Waals surface area contributed by atoms with Crippen molar-refractivity contribution in [2.24, 2.45) is 0 Å². The number of rotatable bonds is 5. The van der Waals surface area contributed by atoms with Crippen LogP contribution in [0.3, 0.4) is 0 Å². The van der Waals surface area contributed by atoms with Gasteiger partial charge in [0.1, 0.15) is 5.75 Å². The standard InChI is InChI=1S/C25H25NO/c1-19(21-10-4-3-5-11-21)26-16-15-22-12-6-7-14-24(22)25(26)18-20-9-8-13-23(17-20)27-2/h3-17,19,25H,18H2,1-2H3/t19-,25+/m1/s1. The SMILES string of the molecule is COc1cccc(C[C@H]2c3ccccc3C=CN2[C@H](C)c2ccccc2)c1. The van der Waals surface area contributed by atoms with E-state index in [-0.39, 0.29) is 6.04 Å². The zero-order chi connectivity index (χ0) is 18.6. The summed E-state index contributed by atoms with van der Waals surface area (Å²) in [5.41, 5.74) is 5.30. The van der Waals surface area contributed by atoms with Crippen LogP contribution in [0.4, 0.5) is 0 Å². The molecular formula is C25H25NO. The van der Waals surface area contributed by atoms with Crippen LogP contribution in [0.25, 0.3) is 6.08 Å². The predicted molar refractivity (Wildman–Crippen MR) is 112 cm³/mol. The van der Waals surface area contributed by atoms with Gasteiger partial charge in [-0.2, -0.15) is 0 Å². The van der Waals surface area contributed by atoms with Crippen LogP contribution in [0.1, 0.15) is 41.3 Å². The molecular weight excluding hydrogens is 330 g/mol. The van der Waals surface area contributed by atoms with E-state index in [0.717, 1.165) is 12.2 Å². The quantitative estimate of drug-likeness (QED) is 0.554. The number of methoxy groups -OCH3 is 1. The second kappa shape index (κ2) is 7.71. The fourth-order valence-corrected chi connectivity index (χ4v) is 3.94. The van der Waals surface area contributed by atoms with Gasteiger partial charge < -0.3 is 9.64 Å². The third-order valence-corrected chi connectivity index (χ3v) is 5.43. The molecule has 2 atom stereocenters. The van der Waals surface area contributed by atoms with Crippen molar-refractivity contribution in [3.05, 3.63) is 107 Å². The van der Waals surface area contributed by atoms with Gasteiger partial charge in [-0.05, 0) is 53.8 Å². The Bertz CT molecular complexity index is 932. The van der Waals surface area contributed by atoms with E-state index in [1.807, 2.05) is 6.07 Å². The van der Waals surface area contributed by atoms with Gasteiger partial charge in [-0.25, -0.2) is 0 Å². The fraction of sp³-hybridized carbons (Fsp3) is 0.200. The average molecular weight is 355 g/mol. The Morgan fingerprint density at radius 2 is 1.70 bits per heavy atom. The Hall–Kier alpha value is -3.00. The number of benzene rings is 3. The van der Waals surface area contributed by atoms with Gasteiger partial charge in [0.05, 0.1) is 19.2 Å². The van der Waals surface area contributed by atoms with Gasteiger partial charge in [0, 0.05) is 6.20 Å². The van der Waals surface area contributed by atoms with Gasteiger partial charge in [0.2, 0.25) is 0 Å². The lowest BCUT2D eigenvalue weighted by Gasteiger charge is -2.39. The third-order valence-electron chi connectivity index (χ3n) is 5.43. The molecule has 0 bridgehead atoms. The second-order valence-electron chi connectivity index (χ2n) is 7.05. The number of nitrogens with zero attached hydrogens (tertiary/aromatic N) is 1. The molecule has 1 aliphatic rings. The molecule has 2 nitrogen and oxygen atoms in total. The Kier molecular flexibility index (Phi) is 4.97. The van der Waals surface area contributed by atoms with E-state index >= 15 is 0 Å². The molecule has 136 valence electrons. The molecule has 1 heterocycles. The Morgan fingerprint density at radius 1 is 0.926 bits per heavy atom. The summed E-state index contributed by atoms with van der Waals surface area (Å²) in [4.78, 5) is 2.48. The molecule has 0 saturated carbocycles. The largest absolute Gasteiger partial charge is 0.497 e. The topological polar surface area (TPSA) is 12.5 Å². The van der Waals surface area contributed by atoms with Gasteiger partial charge in [-0.15, -0.1) is 0 Å². The molecule has 0 spiro atoms. The summed E-state index contributed by atoms with van der Waals surface area (Å²) in [5.74, 6) is 0.912. The monoisotopic (exact) mass is 355 g/mol. The third kappa shape index (κ3) is 3.61. The molecule has 0 aromatic heterocycles. The van der Waals surface area contributed by atoms with Crippen LogP contribution in [-0.4, -0.2) is 12.0 Å². The molecule has 0 amide bonds. The molecule has 3 aromatic carbocycles. The highest BCUT2D eigenvalue weighted by atomic mass is 16.5. The summed E-state index contributed by atoms with van der Waals surface area (Å²) in [6.07, 6.45) is 5.43. The van der Waals surface area contributed by atoms with E-state index in [9.17, 15) is 0 Å². The summed E-state index contributed by atoms with van der Waals surface area (Å²) in [7, 11) is 1.72. The normalized spacial score (nSPS) is 16.7. The number of hydrogen-bond donors (Lipinski definition) is 0. The van der Waals surface area contributed by atoms with Crippen LogP contribution >= 0.6 is 0 Å². The van der Waals surface area contributed by atoms with Gasteiger partial charge in [-0.3, -0.25) is 0 Å². The van der Waals surface area contributed by atoms with Crippen LogP contribution in [-0.2, 0) is 6.42 Å². The lowest BCUT2D eigenvalue weighted by molar-refractivity contribution is 0.214. The minimum Gasteiger partial charge on any atom is -0.497 e. The summed E-state index contributed by atoms with van der Waals surface area (Å²) in [6, 6.07) is 28.4. The molecule has 0 fully saturated rings. The maximum absolute atomic E-state index is 5.43. The minimum atomic E-state index is 0.286. The molecule has 0 unspecified atom stereocenters. The highest BCUT2D eigenvalue weighted by Gasteiger charge is 2.27. The molecule has 3 aromatic rings. The van der Waals surface area contributed by atoms with Gasteiger partial charge >= 0.3 is 0 Å². The maximum atomic E-state index is 5.43. The van der Waals surface area contributed by atoms with Crippen molar-refractivity contribution in [1.82, 2.24) is 4.90 Å². The van der Waals surface area contributed by atoms with Crippen LogP contribution < -0.4 is 4.74 Å². The summed E-state index contributed by atoms with van der Waals surface area (Å²) in [5, 5.41) is 0. The van der Waals surface area contributed by atoms with E-state index in [0.29, 0.717) is 6.04 Å². The Labute approximate surface area is 161 Å². The molecule has 27 heavy (non-hydrogen) atoms.